The summed E-state index contributed by atoms with van der Waals surface area (Å²) in [6, 6.07) is -0.0259. The lowest BCUT2D eigenvalue weighted by Gasteiger charge is -2.35. The van der Waals surface area contributed by atoms with Crippen molar-refractivity contribution in [3.8, 4) is 0 Å². The molecule has 3 rings (SSSR count). The van der Waals surface area contributed by atoms with E-state index in [1.54, 1.807) is 22.4 Å². The third-order valence-corrected chi connectivity index (χ3v) is 5.15. The summed E-state index contributed by atoms with van der Waals surface area (Å²) in [5.41, 5.74) is 0. The summed E-state index contributed by atoms with van der Waals surface area (Å²) in [4.78, 5) is 18.4. The molecule has 1 aromatic rings. The molecule has 0 bridgehead atoms. The standard InChI is InChI=1S/C14H21N3O2S/c1-9-4-6-17(8-11(9)18)14(19)16-12(10-2-3-10)13-15-5-7-20-13/h5,7,9-12,18H,2-4,6,8H2,1H3,(H,16,19). The Morgan fingerprint density at radius 3 is 2.95 bits per heavy atom. The first-order chi connectivity index (χ1) is 9.65. The number of carbonyl (C=O) groups excluding carboxylic acids is 1. The number of urea groups is 1. The van der Waals surface area contributed by atoms with Gasteiger partial charge < -0.3 is 15.3 Å². The Morgan fingerprint density at radius 2 is 2.35 bits per heavy atom. The quantitative estimate of drug-likeness (QED) is 0.896. The lowest BCUT2D eigenvalue weighted by atomic mass is 9.96. The molecule has 0 aromatic carbocycles. The van der Waals surface area contributed by atoms with E-state index >= 15 is 0 Å². The zero-order valence-corrected chi connectivity index (χ0v) is 12.5. The predicted octanol–water partition coefficient (Wildman–Crippen LogP) is 2.01. The highest BCUT2D eigenvalue weighted by Crippen LogP contribution is 2.41. The summed E-state index contributed by atoms with van der Waals surface area (Å²) in [5.74, 6) is 0.802. The van der Waals surface area contributed by atoms with E-state index in [1.165, 1.54) is 0 Å². The summed E-state index contributed by atoms with van der Waals surface area (Å²) < 4.78 is 0. The molecule has 20 heavy (non-hydrogen) atoms. The summed E-state index contributed by atoms with van der Waals surface area (Å²) >= 11 is 1.60. The average molecular weight is 295 g/mol. The van der Waals surface area contributed by atoms with Crippen LogP contribution in [0.5, 0.6) is 0 Å². The van der Waals surface area contributed by atoms with Gasteiger partial charge in [-0.15, -0.1) is 11.3 Å². The number of amides is 2. The molecule has 110 valence electrons. The summed E-state index contributed by atoms with van der Waals surface area (Å²) in [7, 11) is 0. The number of carbonyl (C=O) groups is 1. The van der Waals surface area contributed by atoms with Crippen molar-refractivity contribution < 1.29 is 9.90 Å². The summed E-state index contributed by atoms with van der Waals surface area (Å²) in [6.07, 6.45) is 4.55. The number of rotatable bonds is 3. The second-order valence-corrected chi connectivity index (χ2v) is 6.84. The van der Waals surface area contributed by atoms with Crippen LogP contribution >= 0.6 is 11.3 Å². The number of hydrogen-bond donors (Lipinski definition) is 2. The third-order valence-electron chi connectivity index (χ3n) is 4.30. The lowest BCUT2D eigenvalue weighted by molar-refractivity contribution is 0.0428. The number of thiazole rings is 1. The van der Waals surface area contributed by atoms with Crippen molar-refractivity contribution >= 4 is 17.4 Å². The third kappa shape index (κ3) is 2.96. The van der Waals surface area contributed by atoms with Crippen molar-refractivity contribution in [3.63, 3.8) is 0 Å². The molecule has 2 fully saturated rings. The first-order valence-electron chi connectivity index (χ1n) is 7.28. The minimum atomic E-state index is -0.409. The normalized spacial score (nSPS) is 28.2. The molecule has 0 radical (unpaired) electrons. The van der Waals surface area contributed by atoms with Crippen LogP contribution in [0.25, 0.3) is 0 Å². The van der Waals surface area contributed by atoms with Crippen LogP contribution in [-0.4, -0.2) is 40.2 Å². The Morgan fingerprint density at radius 1 is 1.55 bits per heavy atom. The zero-order chi connectivity index (χ0) is 14.1. The smallest absolute Gasteiger partial charge is 0.318 e. The fraction of sp³-hybridized carbons (Fsp3) is 0.714. The van der Waals surface area contributed by atoms with E-state index in [1.807, 2.05) is 12.3 Å². The van der Waals surface area contributed by atoms with Gasteiger partial charge in [-0.05, 0) is 31.1 Å². The van der Waals surface area contributed by atoms with Crippen molar-refractivity contribution in [2.45, 2.75) is 38.3 Å². The van der Waals surface area contributed by atoms with E-state index in [0.717, 1.165) is 30.8 Å². The number of hydrogen-bond acceptors (Lipinski definition) is 4. The first-order valence-corrected chi connectivity index (χ1v) is 8.16. The molecule has 2 heterocycles. The van der Waals surface area contributed by atoms with Crippen LogP contribution in [0.1, 0.15) is 37.2 Å². The van der Waals surface area contributed by atoms with Gasteiger partial charge in [-0.3, -0.25) is 0 Å². The van der Waals surface area contributed by atoms with Crippen LogP contribution in [-0.2, 0) is 0 Å². The molecule has 1 aliphatic heterocycles. The highest BCUT2D eigenvalue weighted by atomic mass is 32.1. The van der Waals surface area contributed by atoms with Crippen LogP contribution in [0, 0.1) is 11.8 Å². The van der Waals surface area contributed by atoms with Gasteiger partial charge in [0, 0.05) is 24.7 Å². The Balaban J connectivity index is 1.62. The Hall–Kier alpha value is -1.14. The number of nitrogens with zero attached hydrogens (tertiary/aromatic N) is 2. The van der Waals surface area contributed by atoms with Gasteiger partial charge >= 0.3 is 6.03 Å². The van der Waals surface area contributed by atoms with Gasteiger partial charge in [-0.2, -0.15) is 0 Å². The average Bonchev–Trinajstić information content (AvgIpc) is 3.13. The Labute approximate surface area is 123 Å². The molecule has 3 unspecified atom stereocenters. The maximum Gasteiger partial charge on any atom is 0.318 e. The first kappa shape index (κ1) is 13.8. The number of aliphatic hydroxyl groups excluding tert-OH is 1. The van der Waals surface area contributed by atoms with Gasteiger partial charge in [0.15, 0.2) is 0 Å². The fourth-order valence-corrected chi connectivity index (χ4v) is 3.44. The largest absolute Gasteiger partial charge is 0.391 e. The molecule has 1 saturated heterocycles. The Bertz CT molecular complexity index is 461. The molecule has 2 amide bonds. The van der Waals surface area contributed by atoms with Crippen molar-refractivity contribution in [3.05, 3.63) is 16.6 Å². The number of aromatic nitrogens is 1. The Kier molecular flexibility index (Phi) is 3.94. The second kappa shape index (κ2) is 5.69. The number of likely N-dealkylation sites (tertiary alicyclic amines) is 1. The minimum Gasteiger partial charge on any atom is -0.391 e. The molecule has 1 aromatic heterocycles. The van der Waals surface area contributed by atoms with Crippen molar-refractivity contribution in [2.75, 3.05) is 13.1 Å². The fourth-order valence-electron chi connectivity index (χ4n) is 2.66. The van der Waals surface area contributed by atoms with Crippen LogP contribution < -0.4 is 5.32 Å². The predicted molar refractivity (Wildman–Crippen MR) is 77.5 cm³/mol. The monoisotopic (exact) mass is 295 g/mol. The molecule has 2 N–H and O–H groups in total. The molecule has 2 aliphatic rings. The molecular formula is C14H21N3O2S. The van der Waals surface area contributed by atoms with Gasteiger partial charge in [0.25, 0.3) is 0 Å². The highest BCUT2D eigenvalue weighted by Gasteiger charge is 2.36. The van der Waals surface area contributed by atoms with E-state index in [0.29, 0.717) is 12.5 Å². The minimum absolute atomic E-state index is 0.0407. The maximum atomic E-state index is 12.4. The number of piperidine rings is 1. The SMILES string of the molecule is CC1CCN(C(=O)NC(c2nccs2)C2CC2)CC1O. The second-order valence-electron chi connectivity index (χ2n) is 5.91. The van der Waals surface area contributed by atoms with Crippen LogP contribution in [0.15, 0.2) is 11.6 Å². The molecular weight excluding hydrogens is 274 g/mol. The molecule has 1 aliphatic carbocycles. The van der Waals surface area contributed by atoms with Gasteiger partial charge in [0.2, 0.25) is 0 Å². The van der Waals surface area contributed by atoms with Crippen molar-refractivity contribution in [2.24, 2.45) is 11.8 Å². The van der Waals surface area contributed by atoms with E-state index in [9.17, 15) is 9.90 Å². The number of β-amino-alcohol motifs (C(OH)–C–C–N with tert-alkyl or cyclic N) is 1. The van der Waals surface area contributed by atoms with Crippen molar-refractivity contribution in [1.82, 2.24) is 15.2 Å². The summed E-state index contributed by atoms with van der Waals surface area (Å²) in [5, 5.41) is 16.0. The van der Waals surface area contributed by atoms with E-state index in [2.05, 4.69) is 10.3 Å². The van der Waals surface area contributed by atoms with Gasteiger partial charge in [0.05, 0.1) is 12.1 Å². The molecule has 0 spiro atoms. The van der Waals surface area contributed by atoms with Crippen molar-refractivity contribution in [1.29, 1.82) is 0 Å². The number of nitrogens with one attached hydrogen (secondary N) is 1. The van der Waals surface area contributed by atoms with Gasteiger partial charge in [-0.25, -0.2) is 9.78 Å². The molecule has 1 saturated carbocycles. The van der Waals surface area contributed by atoms with E-state index < -0.39 is 6.10 Å². The summed E-state index contributed by atoms with van der Waals surface area (Å²) in [6.45, 7) is 3.18. The lowest BCUT2D eigenvalue weighted by Crippen LogP contribution is -2.50. The van der Waals surface area contributed by atoms with E-state index in [4.69, 9.17) is 0 Å². The van der Waals surface area contributed by atoms with Crippen LogP contribution in [0.4, 0.5) is 4.79 Å². The maximum absolute atomic E-state index is 12.4. The zero-order valence-electron chi connectivity index (χ0n) is 11.7. The highest BCUT2D eigenvalue weighted by molar-refractivity contribution is 7.09. The molecule has 5 nitrogen and oxygen atoms in total. The molecule has 6 heteroatoms. The van der Waals surface area contributed by atoms with Gasteiger partial charge in [0.1, 0.15) is 5.01 Å². The van der Waals surface area contributed by atoms with Gasteiger partial charge in [-0.1, -0.05) is 6.92 Å². The molecule has 3 atom stereocenters. The van der Waals surface area contributed by atoms with E-state index in [-0.39, 0.29) is 18.0 Å². The number of aliphatic hydroxyl groups is 1. The topological polar surface area (TPSA) is 65.5 Å². The van der Waals surface area contributed by atoms with Crippen LogP contribution in [0.2, 0.25) is 0 Å². The van der Waals surface area contributed by atoms with Crippen LogP contribution in [0.3, 0.4) is 0 Å².